The first-order valence-electron chi connectivity index (χ1n) is 14.9. The maximum absolute atomic E-state index is 2.75. The van der Waals surface area contributed by atoms with E-state index in [0.29, 0.717) is 10.8 Å². The first-order valence-corrected chi connectivity index (χ1v) is 14.9. The monoisotopic (exact) mass is 449 g/mol. The Morgan fingerprint density at radius 2 is 1.34 bits per heavy atom. The lowest BCUT2D eigenvalue weighted by molar-refractivity contribution is -0.114. The summed E-state index contributed by atoms with van der Waals surface area (Å²) in [4.78, 5) is 0. The van der Waals surface area contributed by atoms with Crippen LogP contribution in [-0.2, 0) is 0 Å². The summed E-state index contributed by atoms with van der Waals surface area (Å²) >= 11 is 0. The van der Waals surface area contributed by atoms with E-state index in [9.17, 15) is 0 Å². The molecule has 0 aromatic carbocycles. The summed E-state index contributed by atoms with van der Waals surface area (Å²) in [5.74, 6) is 7.15. The molecule has 4 fully saturated rings. The molecule has 0 N–H and O–H groups in total. The predicted octanol–water partition coefficient (Wildman–Crippen LogP) is 11.2. The normalized spacial score (nSPS) is 40.9. The molecular weight excluding hydrogens is 384 g/mol. The third-order valence-corrected chi connectivity index (χ3v) is 10.8. The van der Waals surface area contributed by atoms with Crippen LogP contribution in [0.3, 0.4) is 0 Å². The summed E-state index contributed by atoms with van der Waals surface area (Å²) in [7, 11) is 0. The van der Waals surface area contributed by atoms with Gasteiger partial charge in [0.2, 0.25) is 0 Å². The van der Waals surface area contributed by atoms with Gasteiger partial charge in [0, 0.05) is 0 Å². The van der Waals surface area contributed by atoms with E-state index in [1.54, 1.807) is 51.4 Å². The topological polar surface area (TPSA) is 0 Å². The summed E-state index contributed by atoms with van der Waals surface area (Å²) in [5, 5.41) is 0. The zero-order chi connectivity index (χ0) is 23.2. The van der Waals surface area contributed by atoms with Crippen molar-refractivity contribution in [1.29, 1.82) is 0 Å². The Kier molecular flexibility index (Phi) is 12.4. The summed E-state index contributed by atoms with van der Waals surface area (Å²) in [5.41, 5.74) is 1.39. The lowest BCUT2D eigenvalue weighted by Gasteiger charge is -2.61. The van der Waals surface area contributed by atoms with Gasteiger partial charge in [-0.05, 0) is 104 Å². The van der Waals surface area contributed by atoms with Crippen molar-refractivity contribution in [3.8, 4) is 0 Å². The minimum absolute atomic E-state index is 0. The standard InChI is InChI=1S/C27H48.2C2H6.CH4/c1-19(2)9-8-10-20(3)23-14-15-24-22-13-12-21-11-6-7-17-26(21,4)25(22)16-18-27(23,24)5;2*1-2;/h19-25H,6-18H2,1-5H3;2*1-2H3;1H4. The summed E-state index contributed by atoms with van der Waals surface area (Å²) < 4.78 is 0. The molecule has 32 heavy (non-hydrogen) atoms. The predicted molar refractivity (Wildman–Crippen MR) is 147 cm³/mol. The van der Waals surface area contributed by atoms with Gasteiger partial charge in [-0.25, -0.2) is 0 Å². The molecule has 4 rings (SSSR count). The van der Waals surface area contributed by atoms with Crippen molar-refractivity contribution >= 4 is 0 Å². The number of hydrogen-bond acceptors (Lipinski definition) is 0. The van der Waals surface area contributed by atoms with Crippen molar-refractivity contribution in [2.24, 2.45) is 52.3 Å². The fourth-order valence-electron chi connectivity index (χ4n) is 9.32. The van der Waals surface area contributed by atoms with E-state index < -0.39 is 0 Å². The molecular formula is C32H64. The van der Waals surface area contributed by atoms with E-state index in [1.807, 2.05) is 27.7 Å². The van der Waals surface area contributed by atoms with Crippen molar-refractivity contribution in [3.63, 3.8) is 0 Å². The van der Waals surface area contributed by atoms with Crippen LogP contribution in [-0.4, -0.2) is 0 Å². The molecule has 0 radical (unpaired) electrons. The van der Waals surface area contributed by atoms with Crippen molar-refractivity contribution in [2.45, 2.75) is 153 Å². The molecule has 8 atom stereocenters. The van der Waals surface area contributed by atoms with Crippen molar-refractivity contribution in [3.05, 3.63) is 0 Å². The Bertz CT molecular complexity index is 506. The lowest BCUT2D eigenvalue weighted by Crippen LogP contribution is -2.53. The van der Waals surface area contributed by atoms with Gasteiger partial charge in [-0.1, -0.05) is 102 Å². The molecule has 0 heterocycles. The van der Waals surface area contributed by atoms with Gasteiger partial charge < -0.3 is 0 Å². The lowest BCUT2D eigenvalue weighted by atomic mass is 9.44. The van der Waals surface area contributed by atoms with Crippen LogP contribution in [0.5, 0.6) is 0 Å². The molecule has 8 unspecified atom stereocenters. The zero-order valence-electron chi connectivity index (χ0n) is 23.2. The van der Waals surface area contributed by atoms with Crippen LogP contribution in [0.4, 0.5) is 0 Å². The van der Waals surface area contributed by atoms with Crippen molar-refractivity contribution < 1.29 is 0 Å². The molecule has 0 nitrogen and oxygen atoms in total. The van der Waals surface area contributed by atoms with Gasteiger partial charge in [0.1, 0.15) is 0 Å². The maximum Gasteiger partial charge on any atom is -0.0264 e. The van der Waals surface area contributed by atoms with Gasteiger partial charge in [0.05, 0.1) is 0 Å². The van der Waals surface area contributed by atoms with Crippen LogP contribution in [0.15, 0.2) is 0 Å². The van der Waals surface area contributed by atoms with E-state index in [0.717, 1.165) is 41.4 Å². The average Bonchev–Trinajstić information content (AvgIpc) is 3.13. The second-order valence-electron chi connectivity index (χ2n) is 12.4. The third kappa shape index (κ3) is 5.79. The van der Waals surface area contributed by atoms with Crippen LogP contribution in [0.2, 0.25) is 0 Å². The maximum atomic E-state index is 2.75. The van der Waals surface area contributed by atoms with E-state index in [4.69, 9.17) is 0 Å². The Balaban J connectivity index is 0.000000971. The van der Waals surface area contributed by atoms with Gasteiger partial charge in [-0.3, -0.25) is 0 Å². The molecule has 0 aliphatic heterocycles. The Hall–Kier alpha value is 0. The average molecular weight is 449 g/mol. The number of hydrogen-bond donors (Lipinski definition) is 0. The Morgan fingerprint density at radius 3 is 2.00 bits per heavy atom. The second kappa shape index (κ2) is 13.2. The van der Waals surface area contributed by atoms with Gasteiger partial charge in [-0.2, -0.15) is 0 Å². The molecule has 0 saturated heterocycles. The van der Waals surface area contributed by atoms with Gasteiger partial charge >= 0.3 is 0 Å². The minimum Gasteiger partial charge on any atom is -0.0776 e. The third-order valence-electron chi connectivity index (χ3n) is 10.8. The Labute approximate surface area is 205 Å². The number of fused-ring (bicyclic) bond motifs is 5. The van der Waals surface area contributed by atoms with Crippen LogP contribution in [0, 0.1) is 52.3 Å². The highest BCUT2D eigenvalue weighted by Crippen LogP contribution is 2.68. The molecule has 4 saturated carbocycles. The van der Waals surface area contributed by atoms with Crippen molar-refractivity contribution in [2.75, 3.05) is 0 Å². The molecule has 0 aromatic heterocycles. The molecule has 0 heteroatoms. The quantitative estimate of drug-likeness (QED) is 0.392. The van der Waals surface area contributed by atoms with Crippen LogP contribution < -0.4 is 0 Å². The molecule has 0 bridgehead atoms. The highest BCUT2D eigenvalue weighted by atomic mass is 14.6. The van der Waals surface area contributed by atoms with E-state index in [1.165, 1.54) is 32.1 Å². The van der Waals surface area contributed by atoms with E-state index >= 15 is 0 Å². The van der Waals surface area contributed by atoms with E-state index in [-0.39, 0.29) is 7.43 Å². The fraction of sp³-hybridized carbons (Fsp3) is 1.00. The molecule has 0 spiro atoms. The fourth-order valence-corrected chi connectivity index (χ4v) is 9.32. The van der Waals surface area contributed by atoms with Crippen LogP contribution >= 0.6 is 0 Å². The van der Waals surface area contributed by atoms with Crippen LogP contribution in [0.1, 0.15) is 153 Å². The first kappa shape index (κ1) is 30.0. The first-order chi connectivity index (χ1) is 14.9. The highest BCUT2D eigenvalue weighted by Gasteiger charge is 2.59. The smallest absolute Gasteiger partial charge is 0.0264 e. The molecule has 4 aliphatic rings. The van der Waals surface area contributed by atoms with Gasteiger partial charge in [0.15, 0.2) is 0 Å². The summed E-state index contributed by atoms with van der Waals surface area (Å²) in [6.07, 6.45) is 19.9. The van der Waals surface area contributed by atoms with Gasteiger partial charge in [-0.15, -0.1) is 0 Å². The van der Waals surface area contributed by atoms with Crippen LogP contribution in [0.25, 0.3) is 0 Å². The number of rotatable bonds is 5. The second-order valence-corrected chi connectivity index (χ2v) is 12.4. The SMILES string of the molecule is C.CC.CC.CC(C)CCCC(C)C1CCC2C3CCC4CCCCC4(C)C3CCC12C. The summed E-state index contributed by atoms with van der Waals surface area (Å²) in [6.45, 7) is 20.9. The minimum atomic E-state index is 0. The Morgan fingerprint density at radius 1 is 0.688 bits per heavy atom. The van der Waals surface area contributed by atoms with Crippen molar-refractivity contribution in [1.82, 2.24) is 0 Å². The molecule has 4 aliphatic carbocycles. The molecule has 0 amide bonds. The largest absolute Gasteiger partial charge is 0.0776 e. The molecule has 0 aromatic rings. The highest BCUT2D eigenvalue weighted by molar-refractivity contribution is 5.09. The zero-order valence-corrected chi connectivity index (χ0v) is 23.2. The van der Waals surface area contributed by atoms with E-state index in [2.05, 4.69) is 34.6 Å². The molecule has 192 valence electrons. The van der Waals surface area contributed by atoms with Gasteiger partial charge in [0.25, 0.3) is 0 Å². The summed E-state index contributed by atoms with van der Waals surface area (Å²) in [6, 6.07) is 0.